The number of nitrogens with zero attached hydrogens (tertiary/aromatic N) is 1. The standard InChI is InChI=1S/C26H26N2O6/c29-24(28-12-14-11-21(28)22(14)25(30)31)23-20(9-10-33-23)27-26(32)34-13-19-17-7-3-1-5-15(17)16-6-2-4-8-18(16)19/h1-8,14,19-23H,9-13H2,(H,27,32)(H,30,31). The van der Waals surface area contributed by atoms with Crippen LogP contribution >= 0.6 is 0 Å². The smallest absolute Gasteiger partial charge is 0.407 e. The molecular weight excluding hydrogens is 436 g/mol. The fourth-order valence-corrected chi connectivity index (χ4v) is 6.17. The van der Waals surface area contributed by atoms with Gasteiger partial charge in [0.1, 0.15) is 6.61 Å². The van der Waals surface area contributed by atoms with Gasteiger partial charge in [0.25, 0.3) is 5.91 Å². The molecule has 34 heavy (non-hydrogen) atoms. The van der Waals surface area contributed by atoms with Crippen molar-refractivity contribution in [2.75, 3.05) is 19.8 Å². The molecule has 3 heterocycles. The number of ether oxygens (including phenoxy) is 2. The van der Waals surface area contributed by atoms with E-state index in [1.54, 1.807) is 4.90 Å². The Balaban J connectivity index is 1.09. The molecule has 1 saturated carbocycles. The molecule has 2 N–H and O–H groups in total. The number of hydrogen-bond acceptors (Lipinski definition) is 5. The number of rotatable bonds is 5. The second kappa shape index (κ2) is 8.13. The Hall–Kier alpha value is -3.39. The molecule has 0 aromatic heterocycles. The van der Waals surface area contributed by atoms with E-state index < -0.39 is 30.1 Å². The van der Waals surface area contributed by atoms with Gasteiger partial charge in [-0.25, -0.2) is 4.79 Å². The molecule has 7 rings (SSSR count). The van der Waals surface area contributed by atoms with E-state index in [0.717, 1.165) is 28.7 Å². The second-order valence-electron chi connectivity index (χ2n) is 9.57. The number of alkyl carbamates (subject to hydrolysis) is 1. The molecular formula is C26H26N2O6. The van der Waals surface area contributed by atoms with Crippen molar-refractivity contribution in [1.82, 2.24) is 10.2 Å². The van der Waals surface area contributed by atoms with Gasteiger partial charge in [-0.05, 0) is 41.0 Å². The van der Waals surface area contributed by atoms with Crippen LogP contribution in [0.5, 0.6) is 0 Å². The highest BCUT2D eigenvalue weighted by Gasteiger charge is 2.58. The van der Waals surface area contributed by atoms with Gasteiger partial charge in [0, 0.05) is 25.1 Å². The molecule has 4 fully saturated rings. The lowest BCUT2D eigenvalue weighted by molar-refractivity contribution is -0.150. The summed E-state index contributed by atoms with van der Waals surface area (Å²) in [5.41, 5.74) is 4.58. The Bertz CT molecular complexity index is 1120. The van der Waals surface area contributed by atoms with Crippen molar-refractivity contribution in [2.45, 2.75) is 36.9 Å². The SMILES string of the molecule is O=C(NC1CCOC1C(=O)N1CC2CC1C2C(=O)O)OCC1c2ccccc2-c2ccccc21. The molecule has 2 amide bonds. The molecule has 8 heteroatoms. The predicted octanol–water partition coefficient (Wildman–Crippen LogP) is 2.61. The van der Waals surface area contributed by atoms with E-state index in [0.29, 0.717) is 19.6 Å². The Kier molecular flexibility index (Phi) is 5.06. The molecule has 5 aliphatic rings. The quantitative estimate of drug-likeness (QED) is 0.708. The number of nitrogens with one attached hydrogen (secondary N) is 1. The molecule has 2 aromatic carbocycles. The van der Waals surface area contributed by atoms with Crippen molar-refractivity contribution in [1.29, 1.82) is 0 Å². The van der Waals surface area contributed by atoms with Crippen LogP contribution in [0.25, 0.3) is 11.1 Å². The van der Waals surface area contributed by atoms with Gasteiger partial charge in [-0.2, -0.15) is 0 Å². The minimum Gasteiger partial charge on any atom is -0.481 e. The van der Waals surface area contributed by atoms with E-state index in [1.165, 1.54) is 0 Å². The Morgan fingerprint density at radius 3 is 2.38 bits per heavy atom. The number of hydrogen-bond donors (Lipinski definition) is 2. The molecule has 3 aliphatic heterocycles. The number of carbonyl (C=O) groups is 3. The third-order valence-corrected chi connectivity index (χ3v) is 7.85. The van der Waals surface area contributed by atoms with Crippen molar-refractivity contribution in [3.05, 3.63) is 59.7 Å². The number of carbonyl (C=O) groups excluding carboxylic acids is 2. The van der Waals surface area contributed by atoms with E-state index >= 15 is 0 Å². The summed E-state index contributed by atoms with van der Waals surface area (Å²) in [5, 5.41) is 12.2. The lowest BCUT2D eigenvalue weighted by Crippen LogP contribution is -2.52. The zero-order valence-electron chi connectivity index (χ0n) is 18.6. The highest BCUT2D eigenvalue weighted by Crippen LogP contribution is 2.47. The van der Waals surface area contributed by atoms with Crippen LogP contribution in [0.15, 0.2) is 48.5 Å². The summed E-state index contributed by atoms with van der Waals surface area (Å²) in [6.07, 6.45) is -0.163. The molecule has 2 aliphatic carbocycles. The molecule has 2 bridgehead atoms. The van der Waals surface area contributed by atoms with Gasteiger partial charge in [-0.15, -0.1) is 0 Å². The topological polar surface area (TPSA) is 105 Å². The number of amides is 2. The van der Waals surface area contributed by atoms with Crippen LogP contribution in [0, 0.1) is 11.8 Å². The molecule has 5 unspecified atom stereocenters. The van der Waals surface area contributed by atoms with Gasteiger partial charge in [-0.3, -0.25) is 9.59 Å². The summed E-state index contributed by atoms with van der Waals surface area (Å²) in [7, 11) is 0. The molecule has 176 valence electrons. The molecule has 2 aromatic rings. The van der Waals surface area contributed by atoms with Gasteiger partial charge >= 0.3 is 12.1 Å². The third kappa shape index (κ3) is 3.27. The van der Waals surface area contributed by atoms with Gasteiger partial charge in [-0.1, -0.05) is 48.5 Å². The molecule has 3 saturated heterocycles. The van der Waals surface area contributed by atoms with Gasteiger partial charge < -0.3 is 24.8 Å². The molecule has 5 atom stereocenters. The van der Waals surface area contributed by atoms with Crippen LogP contribution in [0.4, 0.5) is 4.79 Å². The van der Waals surface area contributed by atoms with E-state index in [1.807, 2.05) is 24.3 Å². The van der Waals surface area contributed by atoms with Crippen LogP contribution < -0.4 is 5.32 Å². The molecule has 0 spiro atoms. The summed E-state index contributed by atoms with van der Waals surface area (Å²) < 4.78 is 11.3. The van der Waals surface area contributed by atoms with Gasteiger partial charge in [0.05, 0.1) is 12.0 Å². The zero-order valence-corrected chi connectivity index (χ0v) is 18.6. The highest BCUT2D eigenvalue weighted by molar-refractivity contribution is 5.86. The second-order valence-corrected chi connectivity index (χ2v) is 9.57. The van der Waals surface area contributed by atoms with Crippen molar-refractivity contribution >= 4 is 18.0 Å². The van der Waals surface area contributed by atoms with Crippen LogP contribution in [0.3, 0.4) is 0 Å². The van der Waals surface area contributed by atoms with E-state index in [-0.39, 0.29) is 30.4 Å². The largest absolute Gasteiger partial charge is 0.481 e. The summed E-state index contributed by atoms with van der Waals surface area (Å²) >= 11 is 0. The fraction of sp³-hybridized carbons (Fsp3) is 0.423. The number of benzene rings is 2. The van der Waals surface area contributed by atoms with Crippen molar-refractivity contribution in [2.24, 2.45) is 11.8 Å². The summed E-state index contributed by atoms with van der Waals surface area (Å²) in [4.78, 5) is 38.9. The number of fused-ring (bicyclic) bond motifs is 4. The summed E-state index contributed by atoms with van der Waals surface area (Å²) in [6, 6.07) is 15.5. The maximum absolute atomic E-state index is 13.1. The Morgan fingerprint density at radius 1 is 1.06 bits per heavy atom. The Labute approximate surface area is 196 Å². The Morgan fingerprint density at radius 2 is 1.74 bits per heavy atom. The average molecular weight is 463 g/mol. The predicted molar refractivity (Wildman–Crippen MR) is 121 cm³/mol. The summed E-state index contributed by atoms with van der Waals surface area (Å²) in [6.45, 7) is 0.995. The van der Waals surface area contributed by atoms with Crippen molar-refractivity contribution in [3.8, 4) is 11.1 Å². The minimum absolute atomic E-state index is 0.0152. The first-order valence-corrected chi connectivity index (χ1v) is 11.8. The number of aliphatic carboxylic acids is 1. The van der Waals surface area contributed by atoms with Crippen molar-refractivity contribution < 1.29 is 29.0 Å². The maximum Gasteiger partial charge on any atom is 0.407 e. The van der Waals surface area contributed by atoms with Crippen LogP contribution in [0.2, 0.25) is 0 Å². The average Bonchev–Trinajstić information content (AvgIpc) is 3.59. The lowest BCUT2D eigenvalue weighted by atomic mass is 9.74. The van der Waals surface area contributed by atoms with Crippen LogP contribution in [0.1, 0.15) is 29.9 Å². The first kappa shape index (κ1) is 21.2. The summed E-state index contributed by atoms with van der Waals surface area (Å²) in [5.74, 6) is -1.60. The van der Waals surface area contributed by atoms with E-state index in [4.69, 9.17) is 9.47 Å². The third-order valence-electron chi connectivity index (χ3n) is 7.85. The minimum atomic E-state index is -0.850. The fourth-order valence-electron chi connectivity index (χ4n) is 6.17. The maximum atomic E-state index is 13.1. The monoisotopic (exact) mass is 462 g/mol. The molecule has 8 nitrogen and oxygen atoms in total. The van der Waals surface area contributed by atoms with E-state index in [2.05, 4.69) is 29.6 Å². The number of carboxylic acid groups (broad SMARTS) is 1. The number of carboxylic acids is 1. The molecule has 0 radical (unpaired) electrons. The lowest BCUT2D eigenvalue weighted by Gasteiger charge is -2.34. The zero-order chi connectivity index (χ0) is 23.4. The first-order chi connectivity index (χ1) is 16.5. The highest BCUT2D eigenvalue weighted by atomic mass is 16.6. The van der Waals surface area contributed by atoms with E-state index in [9.17, 15) is 19.5 Å². The normalized spacial score (nSPS) is 28.7. The first-order valence-electron chi connectivity index (χ1n) is 11.8. The van der Waals surface area contributed by atoms with Gasteiger partial charge in [0.15, 0.2) is 6.10 Å². The van der Waals surface area contributed by atoms with Crippen LogP contribution in [-0.2, 0) is 19.1 Å². The van der Waals surface area contributed by atoms with Gasteiger partial charge in [0.2, 0.25) is 0 Å². The van der Waals surface area contributed by atoms with Crippen molar-refractivity contribution in [3.63, 3.8) is 0 Å². The van der Waals surface area contributed by atoms with Crippen LogP contribution in [-0.4, -0.2) is 65.9 Å².